The number of rotatable bonds is 3. The van der Waals surface area contributed by atoms with Crippen molar-refractivity contribution in [2.45, 2.75) is 25.7 Å². The van der Waals surface area contributed by atoms with Crippen molar-refractivity contribution in [1.82, 2.24) is 15.0 Å². The maximum atomic E-state index is 12.8. The Labute approximate surface area is 131 Å². The fraction of sp³-hybridized carbons (Fsp3) is 0.467. The molecular formula is C15H16F3N3O2. The van der Waals surface area contributed by atoms with Crippen molar-refractivity contribution in [3.63, 3.8) is 0 Å². The second kappa shape index (κ2) is 6.29. The molecule has 1 fully saturated rings. The van der Waals surface area contributed by atoms with E-state index in [2.05, 4.69) is 10.1 Å². The summed E-state index contributed by atoms with van der Waals surface area (Å²) in [5.74, 6) is 0.926. The fourth-order valence-electron chi connectivity index (χ4n) is 2.55. The predicted molar refractivity (Wildman–Crippen MR) is 74.4 cm³/mol. The maximum Gasteiger partial charge on any atom is 0.416 e. The van der Waals surface area contributed by atoms with Crippen LogP contribution in [0.3, 0.4) is 0 Å². The highest BCUT2D eigenvalue weighted by atomic mass is 19.4. The Morgan fingerprint density at radius 1 is 1.35 bits per heavy atom. The van der Waals surface area contributed by atoms with Crippen LogP contribution in [-0.4, -0.2) is 34.7 Å². The minimum absolute atomic E-state index is 0.327. The minimum Gasteiger partial charge on any atom is -0.367 e. The molecule has 0 spiro atoms. The van der Waals surface area contributed by atoms with E-state index in [-0.39, 0.29) is 6.10 Å². The number of hydrogen-bond acceptors (Lipinski definition) is 5. The molecule has 3 rings (SSSR count). The molecule has 1 aliphatic rings. The normalized spacial score (nSPS) is 19.9. The summed E-state index contributed by atoms with van der Waals surface area (Å²) in [4.78, 5) is 6.17. The van der Waals surface area contributed by atoms with Crippen LogP contribution in [0.5, 0.6) is 0 Å². The molecule has 2 aromatic rings. The van der Waals surface area contributed by atoms with Crippen LogP contribution in [0, 0.1) is 6.92 Å². The van der Waals surface area contributed by atoms with Gasteiger partial charge in [0.2, 0.25) is 11.7 Å². The van der Waals surface area contributed by atoms with E-state index >= 15 is 0 Å². The van der Waals surface area contributed by atoms with Gasteiger partial charge in [-0.15, -0.1) is 0 Å². The third-order valence-electron chi connectivity index (χ3n) is 3.64. The predicted octanol–water partition coefficient (Wildman–Crippen LogP) is 2.97. The van der Waals surface area contributed by atoms with E-state index in [0.717, 1.165) is 6.07 Å². The molecule has 8 heteroatoms. The zero-order valence-corrected chi connectivity index (χ0v) is 12.5. The number of aromatic nitrogens is 2. The SMILES string of the molecule is Cc1nc([C@H]2CN(Cc3cccc(C(F)(F)F)c3)CCO2)no1. The molecule has 2 heterocycles. The standard InChI is InChI=1S/C15H16F3N3O2/c1-10-19-14(20-23-10)13-9-21(5-6-22-13)8-11-3-2-4-12(7-11)15(16,17)18/h2-4,7,13H,5-6,8-9H2,1H3/t13-/m1/s1. The van der Waals surface area contributed by atoms with Crippen molar-refractivity contribution in [2.24, 2.45) is 0 Å². The third kappa shape index (κ3) is 3.89. The summed E-state index contributed by atoms with van der Waals surface area (Å²) in [7, 11) is 0. The first-order valence-corrected chi connectivity index (χ1v) is 7.22. The molecule has 0 radical (unpaired) electrons. The summed E-state index contributed by atoms with van der Waals surface area (Å²) < 4.78 is 48.9. The van der Waals surface area contributed by atoms with Crippen LogP contribution in [0.15, 0.2) is 28.8 Å². The first kappa shape index (κ1) is 15.9. The van der Waals surface area contributed by atoms with Crippen LogP contribution in [0.1, 0.15) is 28.9 Å². The summed E-state index contributed by atoms with van der Waals surface area (Å²) in [5, 5.41) is 3.84. The van der Waals surface area contributed by atoms with Crippen LogP contribution in [0.2, 0.25) is 0 Å². The van der Waals surface area contributed by atoms with Gasteiger partial charge in [0.15, 0.2) is 0 Å². The summed E-state index contributed by atoms with van der Waals surface area (Å²) in [6.45, 7) is 3.73. The zero-order valence-electron chi connectivity index (χ0n) is 12.5. The lowest BCUT2D eigenvalue weighted by Gasteiger charge is -2.31. The summed E-state index contributed by atoms with van der Waals surface area (Å²) in [6.07, 6.45) is -4.65. The molecule has 0 N–H and O–H groups in total. The molecule has 0 unspecified atom stereocenters. The maximum absolute atomic E-state index is 12.8. The van der Waals surface area contributed by atoms with Gasteiger partial charge in [-0.1, -0.05) is 23.4 Å². The molecule has 0 amide bonds. The Bertz CT molecular complexity index is 672. The molecule has 23 heavy (non-hydrogen) atoms. The van der Waals surface area contributed by atoms with Crippen molar-refractivity contribution in [2.75, 3.05) is 19.7 Å². The van der Waals surface area contributed by atoms with Crippen LogP contribution in [0.25, 0.3) is 0 Å². The van der Waals surface area contributed by atoms with E-state index in [9.17, 15) is 13.2 Å². The first-order valence-electron chi connectivity index (χ1n) is 7.22. The Kier molecular flexibility index (Phi) is 4.36. The Hall–Kier alpha value is -1.93. The van der Waals surface area contributed by atoms with E-state index in [0.29, 0.717) is 43.5 Å². The molecule has 1 aromatic heterocycles. The van der Waals surface area contributed by atoms with Gasteiger partial charge in [0, 0.05) is 26.6 Å². The number of aryl methyl sites for hydroxylation is 1. The first-order chi connectivity index (χ1) is 10.9. The van der Waals surface area contributed by atoms with Gasteiger partial charge in [0.25, 0.3) is 0 Å². The topological polar surface area (TPSA) is 51.4 Å². The fourth-order valence-corrected chi connectivity index (χ4v) is 2.55. The van der Waals surface area contributed by atoms with Crippen LogP contribution >= 0.6 is 0 Å². The van der Waals surface area contributed by atoms with E-state index in [1.165, 1.54) is 12.1 Å². The number of alkyl halides is 3. The van der Waals surface area contributed by atoms with Crippen molar-refractivity contribution in [3.8, 4) is 0 Å². The number of halogens is 3. The largest absolute Gasteiger partial charge is 0.416 e. The number of nitrogens with zero attached hydrogens (tertiary/aromatic N) is 3. The zero-order chi connectivity index (χ0) is 16.4. The van der Waals surface area contributed by atoms with Crippen molar-refractivity contribution in [1.29, 1.82) is 0 Å². The molecule has 1 aliphatic heterocycles. The second-order valence-electron chi connectivity index (χ2n) is 5.46. The van der Waals surface area contributed by atoms with Crippen molar-refractivity contribution < 1.29 is 22.4 Å². The lowest BCUT2D eigenvalue weighted by molar-refractivity contribution is -0.137. The van der Waals surface area contributed by atoms with Gasteiger partial charge in [-0.25, -0.2) is 0 Å². The molecule has 0 bridgehead atoms. The molecular weight excluding hydrogens is 311 g/mol. The van der Waals surface area contributed by atoms with E-state index < -0.39 is 11.7 Å². The highest BCUT2D eigenvalue weighted by Crippen LogP contribution is 2.30. The summed E-state index contributed by atoms with van der Waals surface area (Å²) in [6, 6.07) is 5.38. The van der Waals surface area contributed by atoms with Crippen molar-refractivity contribution in [3.05, 3.63) is 47.1 Å². The number of benzene rings is 1. The minimum atomic E-state index is -4.33. The Morgan fingerprint density at radius 3 is 2.87 bits per heavy atom. The highest BCUT2D eigenvalue weighted by molar-refractivity contribution is 5.25. The molecule has 0 saturated carbocycles. The lowest BCUT2D eigenvalue weighted by atomic mass is 10.1. The number of ether oxygens (including phenoxy) is 1. The van der Waals surface area contributed by atoms with Gasteiger partial charge in [0.1, 0.15) is 6.10 Å². The van der Waals surface area contributed by atoms with E-state index in [1.807, 2.05) is 4.90 Å². The summed E-state index contributed by atoms with van der Waals surface area (Å²) >= 11 is 0. The quantitative estimate of drug-likeness (QED) is 0.867. The Balaban J connectivity index is 1.68. The molecule has 1 atom stereocenters. The molecule has 124 valence electrons. The number of morpholine rings is 1. The average Bonchev–Trinajstić information content (AvgIpc) is 2.94. The molecule has 5 nitrogen and oxygen atoms in total. The second-order valence-corrected chi connectivity index (χ2v) is 5.46. The smallest absolute Gasteiger partial charge is 0.367 e. The van der Waals surface area contributed by atoms with Gasteiger partial charge in [-0.2, -0.15) is 18.2 Å². The number of hydrogen-bond donors (Lipinski definition) is 0. The van der Waals surface area contributed by atoms with Gasteiger partial charge in [-0.3, -0.25) is 4.90 Å². The van der Waals surface area contributed by atoms with Gasteiger partial charge >= 0.3 is 6.18 Å². The summed E-state index contributed by atoms with van der Waals surface area (Å²) in [5.41, 5.74) is -0.0154. The monoisotopic (exact) mass is 327 g/mol. The molecule has 1 saturated heterocycles. The molecule has 0 aliphatic carbocycles. The van der Waals surface area contributed by atoms with Crippen LogP contribution in [-0.2, 0) is 17.5 Å². The van der Waals surface area contributed by atoms with E-state index in [4.69, 9.17) is 9.26 Å². The Morgan fingerprint density at radius 2 is 2.17 bits per heavy atom. The molecule has 1 aromatic carbocycles. The third-order valence-corrected chi connectivity index (χ3v) is 3.64. The lowest BCUT2D eigenvalue weighted by Crippen LogP contribution is -2.38. The van der Waals surface area contributed by atoms with E-state index in [1.54, 1.807) is 13.0 Å². The van der Waals surface area contributed by atoms with Crippen molar-refractivity contribution >= 4 is 0 Å². The highest BCUT2D eigenvalue weighted by Gasteiger charge is 2.31. The van der Waals surface area contributed by atoms with Gasteiger partial charge in [-0.05, 0) is 11.6 Å². The van der Waals surface area contributed by atoms with Gasteiger partial charge < -0.3 is 9.26 Å². The van der Waals surface area contributed by atoms with Gasteiger partial charge in [0.05, 0.1) is 12.2 Å². The van der Waals surface area contributed by atoms with Crippen LogP contribution < -0.4 is 0 Å². The average molecular weight is 327 g/mol. The van der Waals surface area contributed by atoms with Crippen LogP contribution in [0.4, 0.5) is 13.2 Å².